The number of nitrogens with one attached hydrogen (secondary N) is 1. The van der Waals surface area contributed by atoms with Gasteiger partial charge in [0.15, 0.2) is 11.5 Å². The maximum Gasteiger partial charge on any atom is 0.277 e. The van der Waals surface area contributed by atoms with Gasteiger partial charge in [0.1, 0.15) is 6.17 Å². The molecule has 0 bridgehead atoms. The van der Waals surface area contributed by atoms with E-state index in [-0.39, 0.29) is 23.5 Å². The molecule has 0 aromatic heterocycles. The lowest BCUT2D eigenvalue weighted by atomic mass is 10.1. The second-order valence-corrected chi connectivity index (χ2v) is 5.28. The molecule has 2 N–H and O–H groups in total. The van der Waals surface area contributed by atoms with Crippen LogP contribution in [0, 0.1) is 0 Å². The molecule has 0 unspecified atom stereocenters. The number of aliphatic hydroxyl groups is 1. The van der Waals surface area contributed by atoms with E-state index in [0.717, 1.165) is 11.5 Å². The van der Waals surface area contributed by atoms with Gasteiger partial charge in [-0.3, -0.25) is 9.80 Å². The van der Waals surface area contributed by atoms with E-state index in [1.54, 1.807) is 22.2 Å². The fourth-order valence-corrected chi connectivity index (χ4v) is 3.12. The zero-order chi connectivity index (χ0) is 12.0. The number of aliphatic hydroxyl groups excluding tert-OH is 1. The molecule has 2 fully saturated rings. The Balaban J connectivity index is 1.99. The summed E-state index contributed by atoms with van der Waals surface area (Å²) in [5.41, 5.74) is 3.96. The van der Waals surface area contributed by atoms with Crippen molar-refractivity contribution in [2.75, 3.05) is 18.1 Å². The molecule has 17 heavy (non-hydrogen) atoms. The number of hydrogen-bond donors (Lipinski definition) is 2. The van der Waals surface area contributed by atoms with Gasteiger partial charge in [0.25, 0.3) is 5.91 Å². The van der Waals surface area contributed by atoms with Gasteiger partial charge in [-0.15, -0.1) is 0 Å². The van der Waals surface area contributed by atoms with Crippen molar-refractivity contribution in [1.29, 1.82) is 0 Å². The molecule has 0 radical (unpaired) electrons. The predicted molar refractivity (Wildman–Crippen MR) is 65.7 cm³/mol. The lowest BCUT2D eigenvalue weighted by molar-refractivity contribution is -0.136. The van der Waals surface area contributed by atoms with Crippen molar-refractivity contribution in [3.05, 3.63) is 35.9 Å². The van der Waals surface area contributed by atoms with Crippen molar-refractivity contribution in [3.8, 4) is 0 Å². The summed E-state index contributed by atoms with van der Waals surface area (Å²) in [6, 6.07) is 0. The van der Waals surface area contributed by atoms with Crippen LogP contribution >= 0.6 is 11.8 Å². The van der Waals surface area contributed by atoms with E-state index in [2.05, 4.69) is 12.0 Å². The van der Waals surface area contributed by atoms with Crippen molar-refractivity contribution >= 4 is 17.7 Å². The molecule has 0 aliphatic carbocycles. The van der Waals surface area contributed by atoms with E-state index in [1.807, 2.05) is 11.8 Å². The van der Waals surface area contributed by atoms with Crippen LogP contribution in [0.1, 0.15) is 0 Å². The standard InChI is InChI=1S/C11H13N3O2S/c1-7-2-3-14-9(10(7)15)11(16)13-4-5-17-6-8(13)12-14/h2-3,8,12,15H,1,4-6H2/t8-/m0/s1. The molecule has 0 spiro atoms. The van der Waals surface area contributed by atoms with Crippen molar-refractivity contribution in [2.24, 2.45) is 0 Å². The highest BCUT2D eigenvalue weighted by atomic mass is 32.2. The van der Waals surface area contributed by atoms with Crippen molar-refractivity contribution < 1.29 is 9.90 Å². The number of rotatable bonds is 0. The smallest absolute Gasteiger partial charge is 0.277 e. The number of allylic oxidation sites excluding steroid dienone is 1. The molecule has 3 aliphatic heterocycles. The van der Waals surface area contributed by atoms with Gasteiger partial charge < -0.3 is 10.0 Å². The molecule has 3 rings (SSSR count). The first kappa shape index (κ1) is 10.7. The SMILES string of the molecule is C=C1C=CN2N[C@@H]3CSCCN3C(=O)C2=C1O. The molecular weight excluding hydrogens is 238 g/mol. The lowest BCUT2D eigenvalue weighted by Gasteiger charge is -2.45. The fourth-order valence-electron chi connectivity index (χ4n) is 2.15. The maximum absolute atomic E-state index is 12.3. The molecule has 1 amide bonds. The van der Waals surface area contributed by atoms with Gasteiger partial charge in [-0.1, -0.05) is 6.58 Å². The monoisotopic (exact) mass is 251 g/mol. The zero-order valence-electron chi connectivity index (χ0n) is 9.22. The number of thioether (sulfide) groups is 1. The number of hydrazine groups is 1. The second kappa shape index (κ2) is 3.82. The number of fused-ring (bicyclic) bond motifs is 2. The van der Waals surface area contributed by atoms with E-state index >= 15 is 0 Å². The Morgan fingerprint density at radius 3 is 3.24 bits per heavy atom. The molecular formula is C11H13N3O2S. The van der Waals surface area contributed by atoms with Gasteiger partial charge in [0.05, 0.1) is 0 Å². The van der Waals surface area contributed by atoms with Crippen LogP contribution in [0.15, 0.2) is 35.9 Å². The van der Waals surface area contributed by atoms with Crippen LogP contribution in [0.2, 0.25) is 0 Å². The Bertz CT molecular complexity index is 458. The second-order valence-electron chi connectivity index (χ2n) is 4.13. The topological polar surface area (TPSA) is 55.8 Å². The summed E-state index contributed by atoms with van der Waals surface area (Å²) in [6.45, 7) is 4.41. The highest BCUT2D eigenvalue weighted by Gasteiger charge is 2.39. The highest BCUT2D eigenvalue weighted by Crippen LogP contribution is 2.29. The van der Waals surface area contributed by atoms with Crippen LogP contribution in [0.25, 0.3) is 0 Å². The molecule has 0 aromatic rings. The molecule has 5 nitrogen and oxygen atoms in total. The molecule has 0 aromatic carbocycles. The van der Waals surface area contributed by atoms with Crippen LogP contribution in [-0.4, -0.2) is 45.1 Å². The fraction of sp³-hybridized carbons (Fsp3) is 0.364. The van der Waals surface area contributed by atoms with Crippen molar-refractivity contribution in [2.45, 2.75) is 6.17 Å². The van der Waals surface area contributed by atoms with Gasteiger partial charge in [-0.2, -0.15) is 11.8 Å². The minimum Gasteiger partial charge on any atom is -0.505 e. The van der Waals surface area contributed by atoms with E-state index in [9.17, 15) is 9.90 Å². The average Bonchev–Trinajstić information content (AvgIpc) is 2.34. The van der Waals surface area contributed by atoms with Gasteiger partial charge in [0.2, 0.25) is 0 Å². The first-order valence-corrected chi connectivity index (χ1v) is 6.59. The first-order valence-electron chi connectivity index (χ1n) is 5.43. The first-order chi connectivity index (χ1) is 8.18. The summed E-state index contributed by atoms with van der Waals surface area (Å²) in [6.07, 6.45) is 3.42. The average molecular weight is 251 g/mol. The summed E-state index contributed by atoms with van der Waals surface area (Å²) in [4.78, 5) is 14.1. The Morgan fingerprint density at radius 1 is 1.59 bits per heavy atom. The van der Waals surface area contributed by atoms with E-state index in [4.69, 9.17) is 0 Å². The van der Waals surface area contributed by atoms with E-state index < -0.39 is 0 Å². The summed E-state index contributed by atoms with van der Waals surface area (Å²) in [5.74, 6) is 1.64. The Morgan fingerprint density at radius 2 is 2.41 bits per heavy atom. The van der Waals surface area contributed by atoms with Gasteiger partial charge >= 0.3 is 0 Å². The quantitative estimate of drug-likeness (QED) is 0.659. The summed E-state index contributed by atoms with van der Waals surface area (Å²) < 4.78 is 0. The Hall–Kier alpha value is -1.40. The van der Waals surface area contributed by atoms with Gasteiger partial charge in [-0.25, -0.2) is 5.43 Å². The van der Waals surface area contributed by atoms with Crippen LogP contribution in [0.4, 0.5) is 0 Å². The Kier molecular flexibility index (Phi) is 2.41. The minimum absolute atomic E-state index is 0.00816. The summed E-state index contributed by atoms with van der Waals surface area (Å²) >= 11 is 1.82. The van der Waals surface area contributed by atoms with E-state index in [0.29, 0.717) is 12.1 Å². The molecule has 3 heterocycles. The van der Waals surface area contributed by atoms with Crippen LogP contribution in [-0.2, 0) is 4.79 Å². The summed E-state index contributed by atoms with van der Waals surface area (Å²) in [7, 11) is 0. The van der Waals surface area contributed by atoms with Crippen molar-refractivity contribution in [1.82, 2.24) is 15.3 Å². The van der Waals surface area contributed by atoms with Gasteiger partial charge in [0, 0.05) is 29.8 Å². The number of carbonyl (C=O) groups is 1. The van der Waals surface area contributed by atoms with Crippen molar-refractivity contribution in [3.63, 3.8) is 0 Å². The molecule has 1 atom stereocenters. The van der Waals surface area contributed by atoms with Crippen LogP contribution in [0.5, 0.6) is 0 Å². The Labute approximate surface area is 103 Å². The minimum atomic E-state index is -0.128. The molecule has 3 aliphatic rings. The molecule has 6 heteroatoms. The molecule has 90 valence electrons. The lowest BCUT2D eigenvalue weighted by Crippen LogP contribution is -2.64. The number of amides is 1. The molecule has 2 saturated heterocycles. The maximum atomic E-state index is 12.3. The third-order valence-corrected chi connectivity index (χ3v) is 4.10. The number of carbonyl (C=O) groups excluding carboxylic acids is 1. The zero-order valence-corrected chi connectivity index (χ0v) is 10.0. The third-order valence-electron chi connectivity index (χ3n) is 3.07. The van der Waals surface area contributed by atoms with Gasteiger partial charge in [-0.05, 0) is 6.08 Å². The number of hydrogen-bond acceptors (Lipinski definition) is 5. The van der Waals surface area contributed by atoms with Crippen LogP contribution < -0.4 is 5.43 Å². The highest BCUT2D eigenvalue weighted by molar-refractivity contribution is 7.99. The van der Waals surface area contributed by atoms with Crippen LogP contribution in [0.3, 0.4) is 0 Å². The number of nitrogens with zero attached hydrogens (tertiary/aromatic N) is 2. The normalized spacial score (nSPS) is 28.4. The largest absolute Gasteiger partial charge is 0.505 e. The van der Waals surface area contributed by atoms with E-state index in [1.165, 1.54) is 0 Å². The third kappa shape index (κ3) is 1.56. The summed E-state index contributed by atoms with van der Waals surface area (Å²) in [5, 5.41) is 11.5. The predicted octanol–water partition coefficient (Wildman–Crippen LogP) is 0.561. The molecule has 0 saturated carbocycles.